The van der Waals surface area contributed by atoms with Crippen LogP contribution in [-0.2, 0) is 11.4 Å². The first-order valence-corrected chi connectivity index (χ1v) is 11.4. The van der Waals surface area contributed by atoms with Gasteiger partial charge in [-0.3, -0.25) is 20.0 Å². The molecule has 1 saturated heterocycles. The summed E-state index contributed by atoms with van der Waals surface area (Å²) in [6, 6.07) is 17.3. The molecule has 9 nitrogen and oxygen atoms in total. The van der Waals surface area contributed by atoms with Crippen LogP contribution in [0.1, 0.15) is 34.5 Å². The number of piperazine rings is 1. The molecule has 9 heteroatoms. The van der Waals surface area contributed by atoms with Gasteiger partial charge < -0.3 is 14.7 Å². The van der Waals surface area contributed by atoms with E-state index in [1.54, 1.807) is 18.2 Å². The second-order valence-electron chi connectivity index (χ2n) is 8.41. The third-order valence-electron chi connectivity index (χ3n) is 6.10. The van der Waals surface area contributed by atoms with E-state index < -0.39 is 0 Å². The molecular formula is C25H28N6O3. The van der Waals surface area contributed by atoms with E-state index in [0.29, 0.717) is 30.2 Å². The molecule has 3 heterocycles. The van der Waals surface area contributed by atoms with Crippen LogP contribution in [0.15, 0.2) is 71.0 Å². The zero-order chi connectivity index (χ0) is 23.3. The number of hydrogen-bond donors (Lipinski definition) is 2. The standard InChI is InChI=1S/C25H28N6O3/c1-33-28-21-15-22(24-27-23(34-29-24)17-30-13-11-26-12-14-30)31(16-21)25(32)20-9-7-19(8-10-20)18-5-3-2-4-6-18/h2-10,16,22,26,28H,11-15,17H2,1H3. The van der Waals surface area contributed by atoms with Gasteiger partial charge in [0, 0.05) is 44.4 Å². The fraction of sp³-hybridized carbons (Fsp3) is 0.320. The van der Waals surface area contributed by atoms with Gasteiger partial charge in [0.2, 0.25) is 5.89 Å². The maximum absolute atomic E-state index is 13.5. The molecule has 1 amide bonds. The lowest BCUT2D eigenvalue weighted by molar-refractivity contribution is 0.0777. The molecule has 2 aliphatic rings. The van der Waals surface area contributed by atoms with E-state index in [1.807, 2.05) is 54.6 Å². The third kappa shape index (κ3) is 4.86. The number of hydroxylamine groups is 1. The topological polar surface area (TPSA) is 95.8 Å². The molecule has 5 rings (SSSR count). The average molecular weight is 461 g/mol. The van der Waals surface area contributed by atoms with Crippen molar-refractivity contribution in [3.05, 3.63) is 83.8 Å². The predicted molar refractivity (Wildman–Crippen MR) is 126 cm³/mol. The van der Waals surface area contributed by atoms with Crippen LogP contribution < -0.4 is 10.8 Å². The first-order valence-electron chi connectivity index (χ1n) is 11.4. The monoisotopic (exact) mass is 460 g/mol. The van der Waals surface area contributed by atoms with E-state index >= 15 is 0 Å². The van der Waals surface area contributed by atoms with E-state index in [0.717, 1.165) is 43.0 Å². The van der Waals surface area contributed by atoms with E-state index in [9.17, 15) is 4.79 Å². The van der Waals surface area contributed by atoms with Crippen molar-refractivity contribution in [1.29, 1.82) is 0 Å². The van der Waals surface area contributed by atoms with Crippen LogP contribution in [0.5, 0.6) is 0 Å². The number of nitrogens with zero attached hydrogens (tertiary/aromatic N) is 4. The van der Waals surface area contributed by atoms with Gasteiger partial charge in [-0.25, -0.2) is 0 Å². The zero-order valence-electron chi connectivity index (χ0n) is 19.1. The van der Waals surface area contributed by atoms with Crippen molar-refractivity contribution in [1.82, 2.24) is 30.7 Å². The number of benzene rings is 2. The van der Waals surface area contributed by atoms with Crippen molar-refractivity contribution in [3.63, 3.8) is 0 Å². The Morgan fingerprint density at radius 1 is 1.12 bits per heavy atom. The molecule has 34 heavy (non-hydrogen) atoms. The Balaban J connectivity index is 1.34. The van der Waals surface area contributed by atoms with Gasteiger partial charge in [0.25, 0.3) is 5.91 Å². The van der Waals surface area contributed by atoms with Crippen LogP contribution in [0.3, 0.4) is 0 Å². The molecule has 0 aliphatic carbocycles. The van der Waals surface area contributed by atoms with Crippen molar-refractivity contribution in [2.24, 2.45) is 0 Å². The molecule has 3 aromatic rings. The second kappa shape index (κ2) is 10.2. The number of amides is 1. The average Bonchev–Trinajstić information content (AvgIpc) is 3.52. The lowest BCUT2D eigenvalue weighted by atomic mass is 10.0. The summed E-state index contributed by atoms with van der Waals surface area (Å²) in [6.45, 7) is 4.38. The minimum absolute atomic E-state index is 0.133. The Morgan fingerprint density at radius 2 is 1.85 bits per heavy atom. The SMILES string of the molecule is CONC1=CN(C(=O)c2ccc(-c3ccccc3)cc2)C(c2noc(CN3CCNCC3)n2)C1. The molecule has 0 radical (unpaired) electrons. The first kappa shape index (κ1) is 22.3. The largest absolute Gasteiger partial charge is 0.338 e. The summed E-state index contributed by atoms with van der Waals surface area (Å²) < 4.78 is 5.54. The molecule has 0 saturated carbocycles. The van der Waals surface area contributed by atoms with Crippen molar-refractivity contribution in [2.75, 3.05) is 33.3 Å². The van der Waals surface area contributed by atoms with Crippen LogP contribution in [-0.4, -0.2) is 59.1 Å². The molecule has 1 unspecified atom stereocenters. The number of carbonyl (C=O) groups excluding carboxylic acids is 1. The van der Waals surface area contributed by atoms with E-state index in [1.165, 1.54) is 0 Å². The molecule has 2 aliphatic heterocycles. The van der Waals surface area contributed by atoms with Gasteiger partial charge in [-0.2, -0.15) is 4.98 Å². The third-order valence-corrected chi connectivity index (χ3v) is 6.10. The molecule has 1 atom stereocenters. The number of hydrogen-bond acceptors (Lipinski definition) is 8. The fourth-order valence-electron chi connectivity index (χ4n) is 4.35. The summed E-state index contributed by atoms with van der Waals surface area (Å²) in [4.78, 5) is 27.1. The van der Waals surface area contributed by atoms with Gasteiger partial charge >= 0.3 is 0 Å². The van der Waals surface area contributed by atoms with Crippen LogP contribution in [0.4, 0.5) is 0 Å². The minimum atomic E-state index is -0.375. The summed E-state index contributed by atoms with van der Waals surface area (Å²) in [5, 5.41) is 7.55. The molecule has 2 N–H and O–H groups in total. The Morgan fingerprint density at radius 3 is 2.59 bits per heavy atom. The molecule has 1 fully saturated rings. The summed E-state index contributed by atoms with van der Waals surface area (Å²) in [6.07, 6.45) is 2.27. The Kier molecular flexibility index (Phi) is 6.66. The van der Waals surface area contributed by atoms with Crippen molar-refractivity contribution in [2.45, 2.75) is 19.0 Å². The summed E-state index contributed by atoms with van der Waals surface area (Å²) in [5.74, 6) is 0.916. The molecule has 1 aromatic heterocycles. The number of carbonyl (C=O) groups is 1. The normalized spacial score (nSPS) is 18.7. The summed E-state index contributed by atoms with van der Waals surface area (Å²) >= 11 is 0. The quantitative estimate of drug-likeness (QED) is 0.520. The van der Waals surface area contributed by atoms with Crippen molar-refractivity contribution in [3.8, 4) is 11.1 Å². The number of aromatic nitrogens is 2. The smallest absolute Gasteiger partial charge is 0.258 e. The highest BCUT2D eigenvalue weighted by molar-refractivity contribution is 5.96. The summed E-state index contributed by atoms with van der Waals surface area (Å²) in [5.41, 5.74) is 6.38. The molecule has 176 valence electrons. The lowest BCUT2D eigenvalue weighted by Gasteiger charge is -2.25. The van der Waals surface area contributed by atoms with Crippen molar-refractivity contribution >= 4 is 5.91 Å². The van der Waals surface area contributed by atoms with Gasteiger partial charge in [0.1, 0.15) is 6.04 Å². The van der Waals surface area contributed by atoms with E-state index in [2.05, 4.69) is 25.8 Å². The van der Waals surface area contributed by atoms with Crippen LogP contribution >= 0.6 is 0 Å². The van der Waals surface area contributed by atoms with E-state index in [4.69, 9.17) is 9.36 Å². The Hall–Kier alpha value is -3.53. The maximum Gasteiger partial charge on any atom is 0.258 e. The highest BCUT2D eigenvalue weighted by Gasteiger charge is 2.35. The van der Waals surface area contributed by atoms with E-state index in [-0.39, 0.29) is 11.9 Å². The summed E-state index contributed by atoms with van der Waals surface area (Å²) in [7, 11) is 1.54. The van der Waals surface area contributed by atoms with Gasteiger partial charge in [0.15, 0.2) is 5.82 Å². The van der Waals surface area contributed by atoms with Gasteiger partial charge in [-0.05, 0) is 23.3 Å². The highest BCUT2D eigenvalue weighted by atomic mass is 16.6. The fourth-order valence-corrected chi connectivity index (χ4v) is 4.35. The minimum Gasteiger partial charge on any atom is -0.338 e. The van der Waals surface area contributed by atoms with Crippen LogP contribution in [0.2, 0.25) is 0 Å². The molecule has 2 aromatic carbocycles. The second-order valence-corrected chi connectivity index (χ2v) is 8.41. The lowest BCUT2D eigenvalue weighted by Crippen LogP contribution is -2.42. The molecular weight excluding hydrogens is 432 g/mol. The van der Waals surface area contributed by atoms with Crippen molar-refractivity contribution < 1.29 is 14.2 Å². The van der Waals surface area contributed by atoms with Crippen LogP contribution in [0.25, 0.3) is 11.1 Å². The van der Waals surface area contributed by atoms with Crippen LogP contribution in [0, 0.1) is 0 Å². The predicted octanol–water partition coefficient (Wildman–Crippen LogP) is 2.72. The first-order chi connectivity index (χ1) is 16.7. The highest BCUT2D eigenvalue weighted by Crippen LogP contribution is 2.33. The number of rotatable bonds is 7. The zero-order valence-corrected chi connectivity index (χ0v) is 19.1. The van der Waals surface area contributed by atoms with Gasteiger partial charge in [-0.15, -0.1) is 0 Å². The maximum atomic E-state index is 13.5. The van der Waals surface area contributed by atoms with Gasteiger partial charge in [0.05, 0.1) is 19.4 Å². The molecule has 0 spiro atoms. The Bertz CT molecular complexity index is 1140. The number of nitrogens with one attached hydrogen (secondary N) is 2. The van der Waals surface area contributed by atoms with Gasteiger partial charge in [-0.1, -0.05) is 47.6 Å². The Labute approximate surface area is 198 Å². The molecule has 0 bridgehead atoms.